The van der Waals surface area contributed by atoms with Gasteiger partial charge in [-0.2, -0.15) is 0 Å². The average molecular weight is 268 g/mol. The minimum Gasteiger partial charge on any atom is -0.381 e. The van der Waals surface area contributed by atoms with Gasteiger partial charge >= 0.3 is 0 Å². The molecule has 0 aliphatic carbocycles. The molecule has 0 saturated carbocycles. The molecule has 3 heterocycles. The number of aryl methyl sites for hydroxylation is 1. The highest BCUT2D eigenvalue weighted by atomic mass is 35.5. The molecule has 5 heteroatoms. The Kier molecular flexibility index (Phi) is 3.61. The fraction of sp³-hybridized carbons (Fsp3) is 0.462. The predicted octanol–water partition coefficient (Wildman–Crippen LogP) is 2.03. The highest BCUT2D eigenvalue weighted by Gasteiger charge is 2.33. The maximum Gasteiger partial charge on any atom is 0.133 e. The number of nitrogens with zero attached hydrogens (tertiary/aromatic N) is 2. The second-order valence-electron chi connectivity index (χ2n) is 4.80. The van der Waals surface area contributed by atoms with Crippen molar-refractivity contribution in [3.8, 4) is 0 Å². The van der Waals surface area contributed by atoms with Gasteiger partial charge in [0.15, 0.2) is 0 Å². The third-order valence-electron chi connectivity index (χ3n) is 3.61. The van der Waals surface area contributed by atoms with Crippen LogP contribution in [0.25, 0.3) is 5.52 Å². The molecule has 3 rings (SSSR count). The molecule has 1 saturated heterocycles. The first-order chi connectivity index (χ1) is 8.21. The third-order valence-corrected chi connectivity index (χ3v) is 3.61. The number of halogens is 1. The lowest BCUT2D eigenvalue weighted by Crippen LogP contribution is -2.43. The smallest absolute Gasteiger partial charge is 0.133 e. The van der Waals surface area contributed by atoms with Gasteiger partial charge in [0, 0.05) is 19.4 Å². The predicted molar refractivity (Wildman–Crippen MR) is 73.1 cm³/mol. The molecular formula is C13H18ClN3O. The van der Waals surface area contributed by atoms with E-state index in [0.717, 1.165) is 37.4 Å². The van der Waals surface area contributed by atoms with E-state index in [-0.39, 0.29) is 17.9 Å². The summed E-state index contributed by atoms with van der Waals surface area (Å²) in [5.41, 5.74) is 8.49. The van der Waals surface area contributed by atoms with Crippen LogP contribution in [0.1, 0.15) is 24.2 Å². The van der Waals surface area contributed by atoms with Crippen molar-refractivity contribution < 1.29 is 4.74 Å². The van der Waals surface area contributed by atoms with Crippen molar-refractivity contribution in [2.24, 2.45) is 5.73 Å². The van der Waals surface area contributed by atoms with Gasteiger partial charge in [-0.25, -0.2) is 4.98 Å². The maximum atomic E-state index is 6.48. The van der Waals surface area contributed by atoms with Gasteiger partial charge in [-0.1, -0.05) is 6.07 Å². The number of fused-ring (bicyclic) bond motifs is 1. The summed E-state index contributed by atoms with van der Waals surface area (Å²) in [6.45, 7) is 3.53. The van der Waals surface area contributed by atoms with Gasteiger partial charge in [-0.3, -0.25) is 0 Å². The Bertz CT molecular complexity index is 546. The summed E-state index contributed by atoms with van der Waals surface area (Å²) in [4.78, 5) is 4.53. The van der Waals surface area contributed by atoms with Crippen molar-refractivity contribution >= 4 is 17.9 Å². The molecule has 2 aromatic rings. The van der Waals surface area contributed by atoms with Crippen molar-refractivity contribution in [2.75, 3.05) is 13.2 Å². The van der Waals surface area contributed by atoms with Gasteiger partial charge in [-0.15, -0.1) is 12.4 Å². The first-order valence-corrected chi connectivity index (χ1v) is 6.00. The number of hydrogen-bond donors (Lipinski definition) is 1. The zero-order valence-electron chi connectivity index (χ0n) is 10.4. The average Bonchev–Trinajstić information content (AvgIpc) is 2.76. The molecule has 98 valence electrons. The fourth-order valence-corrected chi connectivity index (χ4v) is 2.49. The largest absolute Gasteiger partial charge is 0.381 e. The van der Waals surface area contributed by atoms with Crippen LogP contribution in [-0.2, 0) is 10.3 Å². The van der Waals surface area contributed by atoms with Crippen molar-refractivity contribution in [3.05, 3.63) is 35.9 Å². The number of rotatable bonds is 1. The fourth-order valence-electron chi connectivity index (χ4n) is 2.49. The minimum absolute atomic E-state index is 0. The molecule has 0 unspecified atom stereocenters. The molecule has 18 heavy (non-hydrogen) atoms. The van der Waals surface area contributed by atoms with E-state index in [2.05, 4.69) is 22.4 Å². The van der Waals surface area contributed by atoms with Crippen LogP contribution in [0.4, 0.5) is 0 Å². The van der Waals surface area contributed by atoms with E-state index in [1.807, 2.05) is 18.5 Å². The molecule has 0 atom stereocenters. The molecule has 1 aliphatic heterocycles. The van der Waals surface area contributed by atoms with Crippen LogP contribution >= 0.6 is 12.4 Å². The monoisotopic (exact) mass is 267 g/mol. The van der Waals surface area contributed by atoms with Gasteiger partial charge in [0.05, 0.1) is 17.3 Å². The van der Waals surface area contributed by atoms with Gasteiger partial charge in [0.2, 0.25) is 0 Å². The number of ether oxygens (including phenoxy) is 1. The lowest BCUT2D eigenvalue weighted by atomic mass is 9.90. The molecule has 0 aromatic carbocycles. The quantitative estimate of drug-likeness (QED) is 0.860. The number of aromatic nitrogens is 2. The molecule has 2 N–H and O–H groups in total. The van der Waals surface area contributed by atoms with Crippen LogP contribution in [-0.4, -0.2) is 22.6 Å². The molecule has 1 aliphatic rings. The van der Waals surface area contributed by atoms with E-state index in [0.29, 0.717) is 0 Å². The summed E-state index contributed by atoms with van der Waals surface area (Å²) < 4.78 is 7.49. The Morgan fingerprint density at radius 3 is 2.83 bits per heavy atom. The first kappa shape index (κ1) is 13.3. The van der Waals surface area contributed by atoms with Crippen LogP contribution in [0.2, 0.25) is 0 Å². The lowest BCUT2D eigenvalue weighted by molar-refractivity contribution is 0.0490. The Hall–Kier alpha value is -1.10. The normalized spacial score (nSPS) is 18.6. The van der Waals surface area contributed by atoms with Crippen LogP contribution in [0.5, 0.6) is 0 Å². The van der Waals surface area contributed by atoms with Crippen LogP contribution in [0.3, 0.4) is 0 Å². The van der Waals surface area contributed by atoms with Crippen LogP contribution in [0.15, 0.2) is 24.5 Å². The molecule has 0 amide bonds. The summed E-state index contributed by atoms with van der Waals surface area (Å²) >= 11 is 0. The van der Waals surface area contributed by atoms with Gasteiger partial charge < -0.3 is 14.9 Å². The number of imidazole rings is 1. The third kappa shape index (κ3) is 2.00. The summed E-state index contributed by atoms with van der Waals surface area (Å²) in [6.07, 6.45) is 5.61. The van der Waals surface area contributed by atoms with Crippen LogP contribution < -0.4 is 5.73 Å². The van der Waals surface area contributed by atoms with Gasteiger partial charge in [0.25, 0.3) is 0 Å². The van der Waals surface area contributed by atoms with Crippen molar-refractivity contribution in [1.82, 2.24) is 9.38 Å². The zero-order chi connectivity index (χ0) is 11.9. The van der Waals surface area contributed by atoms with Crippen molar-refractivity contribution in [1.29, 1.82) is 0 Å². The second-order valence-corrected chi connectivity index (χ2v) is 4.80. The minimum atomic E-state index is -0.349. The summed E-state index contributed by atoms with van der Waals surface area (Å²) in [5, 5.41) is 0. The standard InChI is InChI=1S/C13H17N3O.ClH/c1-10-3-2-6-16-11(10)9-15-12(16)13(14)4-7-17-8-5-13;/h2-3,6,9H,4-5,7-8,14H2,1H3;1H. The first-order valence-electron chi connectivity index (χ1n) is 6.00. The van der Waals surface area contributed by atoms with Gasteiger partial charge in [-0.05, 0) is 31.4 Å². The van der Waals surface area contributed by atoms with Crippen molar-refractivity contribution in [2.45, 2.75) is 25.3 Å². The topological polar surface area (TPSA) is 52.5 Å². The highest BCUT2D eigenvalue weighted by molar-refractivity contribution is 5.85. The van der Waals surface area contributed by atoms with E-state index in [9.17, 15) is 0 Å². The summed E-state index contributed by atoms with van der Waals surface area (Å²) in [6, 6.07) is 4.13. The lowest BCUT2D eigenvalue weighted by Gasteiger charge is -2.32. The van der Waals surface area contributed by atoms with E-state index in [1.165, 1.54) is 5.56 Å². The Balaban J connectivity index is 0.00000120. The van der Waals surface area contributed by atoms with E-state index >= 15 is 0 Å². The molecule has 0 spiro atoms. The molecule has 0 radical (unpaired) electrons. The van der Waals surface area contributed by atoms with Gasteiger partial charge in [0.1, 0.15) is 5.82 Å². The molecule has 4 nitrogen and oxygen atoms in total. The van der Waals surface area contributed by atoms with E-state index < -0.39 is 0 Å². The zero-order valence-corrected chi connectivity index (χ0v) is 11.2. The highest BCUT2D eigenvalue weighted by Crippen LogP contribution is 2.29. The second kappa shape index (κ2) is 4.88. The number of nitrogens with two attached hydrogens (primary N) is 1. The van der Waals surface area contributed by atoms with Crippen LogP contribution in [0, 0.1) is 6.92 Å². The van der Waals surface area contributed by atoms with E-state index in [4.69, 9.17) is 10.5 Å². The molecule has 2 aromatic heterocycles. The summed E-state index contributed by atoms with van der Waals surface area (Å²) in [5.74, 6) is 0.958. The number of pyridine rings is 1. The van der Waals surface area contributed by atoms with Crippen molar-refractivity contribution in [3.63, 3.8) is 0 Å². The molecule has 1 fully saturated rings. The van der Waals surface area contributed by atoms with E-state index in [1.54, 1.807) is 0 Å². The summed E-state index contributed by atoms with van der Waals surface area (Å²) in [7, 11) is 0. The SMILES string of the molecule is Cc1cccn2c(C3(N)CCOCC3)ncc12.Cl. The molecule has 0 bridgehead atoms. The maximum absolute atomic E-state index is 6.48. The Morgan fingerprint density at radius 1 is 1.39 bits per heavy atom. The Morgan fingerprint density at radius 2 is 2.11 bits per heavy atom. The Labute approximate surface area is 113 Å². The number of hydrogen-bond acceptors (Lipinski definition) is 3. The molecular weight excluding hydrogens is 250 g/mol.